The topological polar surface area (TPSA) is 32.3 Å². The Balaban J connectivity index is 1.97. The van der Waals surface area contributed by atoms with E-state index in [1.165, 1.54) is 23.8 Å². The molecule has 0 radical (unpaired) electrons. The van der Waals surface area contributed by atoms with Crippen LogP contribution in [-0.2, 0) is 13.1 Å². The summed E-state index contributed by atoms with van der Waals surface area (Å²) in [5, 5.41) is 3.03. The monoisotopic (exact) mass is 320 g/mol. The van der Waals surface area contributed by atoms with Crippen molar-refractivity contribution >= 4 is 17.5 Å². The van der Waals surface area contributed by atoms with E-state index >= 15 is 0 Å². The van der Waals surface area contributed by atoms with Crippen LogP contribution < -0.4 is 5.32 Å². The first kappa shape index (κ1) is 16.5. The molecule has 22 heavy (non-hydrogen) atoms. The van der Waals surface area contributed by atoms with Crippen LogP contribution >= 0.6 is 11.6 Å². The predicted molar refractivity (Wildman–Crippen MR) is 86.4 cm³/mol. The van der Waals surface area contributed by atoms with Gasteiger partial charge in [-0.05, 0) is 43.4 Å². The van der Waals surface area contributed by atoms with E-state index in [4.69, 9.17) is 11.6 Å². The number of nitrogens with one attached hydrogen (secondary N) is 1. The smallest absolute Gasteiger partial charge is 0.254 e. The second-order valence-corrected chi connectivity index (χ2v) is 5.80. The Labute approximate surface area is 134 Å². The Bertz CT molecular complexity index is 656. The molecule has 0 atom stereocenters. The quantitative estimate of drug-likeness (QED) is 0.915. The first-order valence-corrected chi connectivity index (χ1v) is 7.29. The number of rotatable bonds is 5. The van der Waals surface area contributed by atoms with Crippen LogP contribution in [0.3, 0.4) is 0 Å². The van der Waals surface area contributed by atoms with Gasteiger partial charge in [-0.1, -0.05) is 35.9 Å². The lowest BCUT2D eigenvalue weighted by Gasteiger charge is -2.10. The molecule has 0 saturated carbocycles. The van der Waals surface area contributed by atoms with Gasteiger partial charge in [0.25, 0.3) is 5.91 Å². The molecule has 3 nitrogen and oxygen atoms in total. The molecule has 0 aliphatic carbocycles. The molecule has 116 valence electrons. The second-order valence-electron chi connectivity index (χ2n) is 5.36. The maximum atomic E-state index is 13.6. The van der Waals surface area contributed by atoms with Gasteiger partial charge in [0.05, 0.1) is 5.56 Å². The molecule has 0 aliphatic rings. The number of nitrogens with zero attached hydrogens (tertiary/aromatic N) is 1. The molecule has 1 amide bonds. The molecular weight excluding hydrogens is 303 g/mol. The Hall–Kier alpha value is -1.91. The number of halogens is 2. The van der Waals surface area contributed by atoms with Crippen molar-refractivity contribution in [1.29, 1.82) is 0 Å². The summed E-state index contributed by atoms with van der Waals surface area (Å²) in [4.78, 5) is 14.1. The van der Waals surface area contributed by atoms with Gasteiger partial charge in [0.1, 0.15) is 5.82 Å². The van der Waals surface area contributed by atoms with Gasteiger partial charge in [0.15, 0.2) is 0 Å². The zero-order chi connectivity index (χ0) is 16.1. The number of amides is 1. The molecule has 0 saturated heterocycles. The zero-order valence-electron chi connectivity index (χ0n) is 12.6. The minimum absolute atomic E-state index is 0.0447. The number of benzene rings is 2. The van der Waals surface area contributed by atoms with Gasteiger partial charge >= 0.3 is 0 Å². The van der Waals surface area contributed by atoms with Crippen molar-refractivity contribution < 1.29 is 9.18 Å². The van der Waals surface area contributed by atoms with Crippen LogP contribution in [0.15, 0.2) is 42.5 Å². The fourth-order valence-corrected chi connectivity index (χ4v) is 2.25. The SMILES string of the molecule is CN(C)Cc1ccc(CNC(=O)c2cc(Cl)ccc2F)cc1. The van der Waals surface area contributed by atoms with Crippen molar-refractivity contribution in [2.45, 2.75) is 13.1 Å². The molecule has 0 bridgehead atoms. The summed E-state index contributed by atoms with van der Waals surface area (Å²) in [6, 6.07) is 11.9. The third-order valence-electron chi connectivity index (χ3n) is 3.15. The van der Waals surface area contributed by atoms with E-state index in [1.807, 2.05) is 38.4 Å². The summed E-state index contributed by atoms with van der Waals surface area (Å²) < 4.78 is 13.6. The van der Waals surface area contributed by atoms with Gasteiger partial charge in [-0.15, -0.1) is 0 Å². The van der Waals surface area contributed by atoms with Crippen LogP contribution in [0.1, 0.15) is 21.5 Å². The maximum absolute atomic E-state index is 13.6. The fourth-order valence-electron chi connectivity index (χ4n) is 2.08. The van der Waals surface area contributed by atoms with E-state index in [2.05, 4.69) is 10.2 Å². The van der Waals surface area contributed by atoms with Crippen LogP contribution in [0.4, 0.5) is 4.39 Å². The first-order valence-electron chi connectivity index (χ1n) is 6.91. The highest BCUT2D eigenvalue weighted by Crippen LogP contribution is 2.15. The minimum atomic E-state index is -0.580. The second kappa shape index (κ2) is 7.38. The van der Waals surface area contributed by atoms with Crippen LogP contribution in [-0.4, -0.2) is 24.9 Å². The highest BCUT2D eigenvalue weighted by atomic mass is 35.5. The largest absolute Gasteiger partial charge is 0.348 e. The van der Waals surface area contributed by atoms with E-state index in [-0.39, 0.29) is 5.56 Å². The normalized spacial score (nSPS) is 10.8. The molecule has 5 heteroatoms. The molecule has 0 aromatic heterocycles. The third kappa shape index (κ3) is 4.55. The van der Waals surface area contributed by atoms with Crippen molar-refractivity contribution in [2.24, 2.45) is 0 Å². The lowest BCUT2D eigenvalue weighted by atomic mass is 10.1. The molecule has 0 fully saturated rings. The third-order valence-corrected chi connectivity index (χ3v) is 3.38. The Kier molecular flexibility index (Phi) is 5.52. The van der Waals surface area contributed by atoms with Crippen LogP contribution in [0.25, 0.3) is 0 Å². The molecule has 0 unspecified atom stereocenters. The first-order chi connectivity index (χ1) is 10.5. The number of carbonyl (C=O) groups is 1. The van der Waals surface area contributed by atoms with E-state index in [0.717, 1.165) is 12.1 Å². The van der Waals surface area contributed by atoms with Crippen LogP contribution in [0.5, 0.6) is 0 Å². The Morgan fingerprint density at radius 3 is 2.41 bits per heavy atom. The van der Waals surface area contributed by atoms with Crippen LogP contribution in [0.2, 0.25) is 5.02 Å². The number of carbonyl (C=O) groups excluding carboxylic acids is 1. The molecule has 1 N–H and O–H groups in total. The molecule has 0 aliphatic heterocycles. The lowest BCUT2D eigenvalue weighted by Crippen LogP contribution is -2.23. The summed E-state index contributed by atoms with van der Waals surface area (Å²) >= 11 is 5.79. The van der Waals surface area contributed by atoms with E-state index in [1.54, 1.807) is 0 Å². The zero-order valence-corrected chi connectivity index (χ0v) is 13.3. The Morgan fingerprint density at radius 2 is 1.77 bits per heavy atom. The highest BCUT2D eigenvalue weighted by molar-refractivity contribution is 6.30. The van der Waals surface area contributed by atoms with Crippen molar-refractivity contribution in [3.63, 3.8) is 0 Å². The molecular formula is C17H18ClFN2O. The van der Waals surface area contributed by atoms with Gasteiger partial charge in [0.2, 0.25) is 0 Å². The van der Waals surface area contributed by atoms with E-state index < -0.39 is 11.7 Å². The van der Waals surface area contributed by atoms with Gasteiger partial charge in [0, 0.05) is 18.1 Å². The maximum Gasteiger partial charge on any atom is 0.254 e. The van der Waals surface area contributed by atoms with Gasteiger partial charge in [-0.3, -0.25) is 4.79 Å². The van der Waals surface area contributed by atoms with Crippen molar-refractivity contribution in [1.82, 2.24) is 10.2 Å². The minimum Gasteiger partial charge on any atom is -0.348 e. The fraction of sp³-hybridized carbons (Fsp3) is 0.235. The summed E-state index contributed by atoms with van der Waals surface area (Å²) in [5.74, 6) is -1.06. The average Bonchev–Trinajstić information content (AvgIpc) is 2.48. The molecule has 0 heterocycles. The molecule has 2 aromatic rings. The van der Waals surface area contributed by atoms with E-state index in [9.17, 15) is 9.18 Å². The summed E-state index contributed by atoms with van der Waals surface area (Å²) in [6.45, 7) is 1.20. The van der Waals surface area contributed by atoms with Gasteiger partial charge in [-0.25, -0.2) is 4.39 Å². The molecule has 0 spiro atoms. The molecule has 2 rings (SSSR count). The lowest BCUT2D eigenvalue weighted by molar-refractivity contribution is 0.0947. The standard InChI is InChI=1S/C17H18ClFN2O/c1-21(2)11-13-5-3-12(4-6-13)10-20-17(22)15-9-14(18)7-8-16(15)19/h3-9H,10-11H2,1-2H3,(H,20,22). The predicted octanol–water partition coefficient (Wildman–Crippen LogP) is 3.47. The van der Waals surface area contributed by atoms with Crippen molar-refractivity contribution in [3.05, 3.63) is 70.0 Å². The average molecular weight is 321 g/mol. The number of hydrogen-bond acceptors (Lipinski definition) is 2. The van der Waals surface area contributed by atoms with Gasteiger partial charge in [-0.2, -0.15) is 0 Å². The summed E-state index contributed by atoms with van der Waals surface area (Å²) in [7, 11) is 4.02. The summed E-state index contributed by atoms with van der Waals surface area (Å²) in [6.07, 6.45) is 0. The summed E-state index contributed by atoms with van der Waals surface area (Å²) in [5.41, 5.74) is 2.11. The van der Waals surface area contributed by atoms with Crippen LogP contribution in [0, 0.1) is 5.82 Å². The Morgan fingerprint density at radius 1 is 1.14 bits per heavy atom. The molecule has 2 aromatic carbocycles. The van der Waals surface area contributed by atoms with Crippen molar-refractivity contribution in [2.75, 3.05) is 14.1 Å². The van der Waals surface area contributed by atoms with Gasteiger partial charge < -0.3 is 10.2 Å². The number of hydrogen-bond donors (Lipinski definition) is 1. The highest BCUT2D eigenvalue weighted by Gasteiger charge is 2.11. The van der Waals surface area contributed by atoms with E-state index in [0.29, 0.717) is 11.6 Å². The van der Waals surface area contributed by atoms with Crippen molar-refractivity contribution in [3.8, 4) is 0 Å².